The van der Waals surface area contributed by atoms with E-state index in [4.69, 9.17) is 5.73 Å². The van der Waals surface area contributed by atoms with Gasteiger partial charge in [-0.2, -0.15) is 0 Å². The largest absolute Gasteiger partial charge is 0.330 e. The number of hydrogen-bond acceptors (Lipinski definition) is 2. The summed E-state index contributed by atoms with van der Waals surface area (Å²) in [6.07, 6.45) is 3.64. The van der Waals surface area contributed by atoms with Gasteiger partial charge in [-0.15, -0.1) is 0 Å². The second-order valence-electron chi connectivity index (χ2n) is 5.22. The summed E-state index contributed by atoms with van der Waals surface area (Å²) in [5.74, 6) is 0.330. The Kier molecular flexibility index (Phi) is 2.89. The monoisotopic (exact) mass is 234 g/mol. The first kappa shape index (κ1) is 11.2. The Balaban J connectivity index is 1.93. The highest BCUT2D eigenvalue weighted by atomic mass is 19.1. The van der Waals surface area contributed by atoms with Crippen molar-refractivity contribution in [2.45, 2.75) is 31.3 Å². The number of nitrogens with two attached hydrogens (primary N) is 1. The lowest BCUT2D eigenvalue weighted by atomic mass is 9.93. The van der Waals surface area contributed by atoms with Crippen LogP contribution in [0.25, 0.3) is 0 Å². The van der Waals surface area contributed by atoms with Gasteiger partial charge in [0.05, 0.1) is 0 Å². The summed E-state index contributed by atoms with van der Waals surface area (Å²) in [4.78, 5) is 2.47. The third-order valence-corrected chi connectivity index (χ3v) is 4.10. The Labute approximate surface area is 102 Å². The van der Waals surface area contributed by atoms with Gasteiger partial charge in [-0.3, -0.25) is 4.90 Å². The normalized spacial score (nSPS) is 29.8. The van der Waals surface area contributed by atoms with Crippen LogP contribution >= 0.6 is 0 Å². The highest BCUT2D eigenvalue weighted by Gasteiger charge is 2.42. The predicted molar refractivity (Wildman–Crippen MR) is 66.0 cm³/mol. The molecule has 2 atom stereocenters. The fourth-order valence-corrected chi connectivity index (χ4v) is 3.09. The molecule has 1 aliphatic heterocycles. The zero-order valence-corrected chi connectivity index (χ0v) is 9.98. The lowest BCUT2D eigenvalue weighted by molar-refractivity contribution is 0.215. The molecule has 2 N–H and O–H groups in total. The van der Waals surface area contributed by atoms with Crippen molar-refractivity contribution in [2.24, 2.45) is 11.7 Å². The van der Waals surface area contributed by atoms with E-state index in [1.54, 1.807) is 12.1 Å². The molecule has 2 fully saturated rings. The molecule has 0 bridgehead atoms. The molecule has 3 rings (SSSR count). The molecule has 3 heteroatoms. The summed E-state index contributed by atoms with van der Waals surface area (Å²) in [7, 11) is 0. The van der Waals surface area contributed by atoms with E-state index in [-0.39, 0.29) is 11.9 Å². The summed E-state index contributed by atoms with van der Waals surface area (Å²) in [5, 5.41) is 0. The molecule has 0 spiro atoms. The predicted octanol–water partition coefficient (Wildman–Crippen LogP) is 2.31. The molecule has 92 valence electrons. The summed E-state index contributed by atoms with van der Waals surface area (Å²) in [6.45, 7) is 1.73. The Morgan fingerprint density at radius 2 is 2.00 bits per heavy atom. The minimum atomic E-state index is -0.0801. The van der Waals surface area contributed by atoms with Crippen LogP contribution in [0.5, 0.6) is 0 Å². The van der Waals surface area contributed by atoms with E-state index in [0.717, 1.165) is 18.5 Å². The fourth-order valence-electron chi connectivity index (χ4n) is 3.09. The van der Waals surface area contributed by atoms with Crippen molar-refractivity contribution in [3.05, 3.63) is 35.6 Å². The van der Waals surface area contributed by atoms with Crippen molar-refractivity contribution < 1.29 is 4.39 Å². The molecule has 0 radical (unpaired) electrons. The van der Waals surface area contributed by atoms with Crippen LogP contribution in [0.1, 0.15) is 30.9 Å². The molecule has 1 saturated heterocycles. The van der Waals surface area contributed by atoms with Crippen molar-refractivity contribution in [2.75, 3.05) is 13.1 Å². The Morgan fingerprint density at radius 3 is 2.65 bits per heavy atom. The van der Waals surface area contributed by atoms with Gasteiger partial charge in [-0.25, -0.2) is 4.39 Å². The quantitative estimate of drug-likeness (QED) is 0.869. The number of halogens is 1. The van der Waals surface area contributed by atoms with Crippen molar-refractivity contribution >= 4 is 0 Å². The first-order valence-corrected chi connectivity index (χ1v) is 6.51. The molecule has 1 aliphatic carbocycles. The molecule has 1 aromatic carbocycles. The maximum Gasteiger partial charge on any atom is 0.127 e. The molecule has 1 heterocycles. The lowest BCUT2D eigenvalue weighted by Crippen LogP contribution is -2.30. The van der Waals surface area contributed by atoms with E-state index >= 15 is 0 Å². The third-order valence-electron chi connectivity index (χ3n) is 4.10. The lowest BCUT2D eigenvalue weighted by Gasteiger charge is -2.28. The summed E-state index contributed by atoms with van der Waals surface area (Å²) in [6, 6.07) is 8.04. The molecule has 0 aromatic heterocycles. The van der Waals surface area contributed by atoms with Crippen LogP contribution in [0.2, 0.25) is 0 Å². The number of benzene rings is 1. The first-order valence-electron chi connectivity index (χ1n) is 6.51. The van der Waals surface area contributed by atoms with E-state index in [9.17, 15) is 4.39 Å². The van der Waals surface area contributed by atoms with Gasteiger partial charge >= 0.3 is 0 Å². The van der Waals surface area contributed by atoms with Gasteiger partial charge in [0.2, 0.25) is 0 Å². The van der Waals surface area contributed by atoms with Crippen LogP contribution in [0.15, 0.2) is 24.3 Å². The van der Waals surface area contributed by atoms with Gasteiger partial charge in [-0.05, 0) is 44.3 Å². The maximum atomic E-state index is 13.9. The van der Waals surface area contributed by atoms with E-state index < -0.39 is 0 Å². The SMILES string of the molecule is NCC1CCN(C2CC2)C1c1ccccc1F. The Hall–Kier alpha value is -0.930. The van der Waals surface area contributed by atoms with Gasteiger partial charge in [0.15, 0.2) is 0 Å². The number of rotatable bonds is 3. The standard InChI is InChI=1S/C14H19FN2/c15-13-4-2-1-3-12(13)14-10(9-16)7-8-17(14)11-5-6-11/h1-4,10-11,14H,5-9,16H2. The number of hydrogen-bond donors (Lipinski definition) is 1. The summed E-state index contributed by atoms with van der Waals surface area (Å²) < 4.78 is 13.9. The van der Waals surface area contributed by atoms with Crippen LogP contribution in [0.3, 0.4) is 0 Å². The number of nitrogens with zero attached hydrogens (tertiary/aromatic N) is 1. The van der Waals surface area contributed by atoms with E-state index in [2.05, 4.69) is 4.90 Å². The summed E-state index contributed by atoms with van der Waals surface area (Å²) in [5.41, 5.74) is 6.69. The molecule has 17 heavy (non-hydrogen) atoms. The first-order chi connectivity index (χ1) is 8.31. The molecular weight excluding hydrogens is 215 g/mol. The van der Waals surface area contributed by atoms with Crippen LogP contribution in [-0.2, 0) is 0 Å². The second-order valence-corrected chi connectivity index (χ2v) is 5.22. The van der Waals surface area contributed by atoms with Gasteiger partial charge in [-0.1, -0.05) is 18.2 Å². The fraction of sp³-hybridized carbons (Fsp3) is 0.571. The molecule has 0 amide bonds. The summed E-state index contributed by atoms with van der Waals surface area (Å²) >= 11 is 0. The minimum Gasteiger partial charge on any atom is -0.330 e. The topological polar surface area (TPSA) is 29.3 Å². The van der Waals surface area contributed by atoms with Crippen molar-refractivity contribution in [1.82, 2.24) is 4.90 Å². The highest BCUT2D eigenvalue weighted by molar-refractivity contribution is 5.24. The van der Waals surface area contributed by atoms with Gasteiger partial charge in [0, 0.05) is 17.6 Å². The molecule has 2 nitrogen and oxygen atoms in total. The molecule has 1 aromatic rings. The van der Waals surface area contributed by atoms with E-state index in [1.165, 1.54) is 12.8 Å². The second kappa shape index (κ2) is 4.39. The van der Waals surface area contributed by atoms with Gasteiger partial charge in [0.25, 0.3) is 0 Å². The Morgan fingerprint density at radius 1 is 1.24 bits per heavy atom. The zero-order chi connectivity index (χ0) is 11.8. The van der Waals surface area contributed by atoms with E-state index in [1.807, 2.05) is 12.1 Å². The van der Waals surface area contributed by atoms with Crippen LogP contribution in [0, 0.1) is 11.7 Å². The molecule has 2 unspecified atom stereocenters. The van der Waals surface area contributed by atoms with Crippen LogP contribution in [-0.4, -0.2) is 24.0 Å². The molecular formula is C14H19FN2. The van der Waals surface area contributed by atoms with Gasteiger partial charge in [0.1, 0.15) is 5.82 Å². The smallest absolute Gasteiger partial charge is 0.127 e. The van der Waals surface area contributed by atoms with Crippen molar-refractivity contribution in [1.29, 1.82) is 0 Å². The number of likely N-dealkylation sites (tertiary alicyclic amines) is 1. The van der Waals surface area contributed by atoms with Gasteiger partial charge < -0.3 is 5.73 Å². The highest BCUT2D eigenvalue weighted by Crippen LogP contribution is 2.44. The average Bonchev–Trinajstić information content (AvgIpc) is 3.10. The zero-order valence-electron chi connectivity index (χ0n) is 9.98. The maximum absolute atomic E-state index is 13.9. The van der Waals surface area contributed by atoms with Crippen LogP contribution in [0.4, 0.5) is 4.39 Å². The van der Waals surface area contributed by atoms with Crippen molar-refractivity contribution in [3.8, 4) is 0 Å². The van der Waals surface area contributed by atoms with E-state index in [0.29, 0.717) is 18.5 Å². The molecule has 2 aliphatic rings. The third kappa shape index (κ3) is 1.98. The molecule has 1 saturated carbocycles. The average molecular weight is 234 g/mol. The van der Waals surface area contributed by atoms with Crippen LogP contribution < -0.4 is 5.73 Å². The minimum absolute atomic E-state index is 0.0801. The van der Waals surface area contributed by atoms with Crippen molar-refractivity contribution in [3.63, 3.8) is 0 Å². The Bertz CT molecular complexity index is 403.